The van der Waals surface area contributed by atoms with Crippen molar-refractivity contribution in [3.63, 3.8) is 0 Å². The molecule has 2 heterocycles. The van der Waals surface area contributed by atoms with E-state index in [9.17, 15) is 9.59 Å². The third kappa shape index (κ3) is 3.04. The fraction of sp³-hybridized carbons (Fsp3) is 0.455. The number of rotatable bonds is 3. The number of carboxylic acid groups (broad SMARTS) is 1. The number of hydrogen-bond acceptors (Lipinski definition) is 4. The predicted molar refractivity (Wildman–Crippen MR) is 64.2 cm³/mol. The summed E-state index contributed by atoms with van der Waals surface area (Å²) in [7, 11) is 0. The van der Waals surface area contributed by atoms with E-state index >= 15 is 0 Å². The highest BCUT2D eigenvalue weighted by atomic mass is 32.1. The number of nitrogens with zero attached hydrogens (tertiary/aromatic N) is 1. The van der Waals surface area contributed by atoms with Crippen LogP contribution in [0, 0.1) is 0 Å². The van der Waals surface area contributed by atoms with Crippen LogP contribution in [0.5, 0.6) is 0 Å². The zero-order chi connectivity index (χ0) is 12.3. The van der Waals surface area contributed by atoms with Crippen LogP contribution < -0.4 is 5.43 Å². The number of hydrazine groups is 1. The Morgan fingerprint density at radius 2 is 1.82 bits per heavy atom. The van der Waals surface area contributed by atoms with Gasteiger partial charge < -0.3 is 5.11 Å². The van der Waals surface area contributed by atoms with E-state index in [0.717, 1.165) is 37.3 Å². The summed E-state index contributed by atoms with van der Waals surface area (Å²) < 4.78 is 0. The first-order valence-corrected chi connectivity index (χ1v) is 6.37. The van der Waals surface area contributed by atoms with Crippen molar-refractivity contribution in [1.29, 1.82) is 0 Å². The van der Waals surface area contributed by atoms with Crippen LogP contribution in [0.15, 0.2) is 12.1 Å². The first-order chi connectivity index (χ1) is 8.16. The number of nitrogens with one attached hydrogen (secondary N) is 1. The van der Waals surface area contributed by atoms with Gasteiger partial charge in [0.25, 0.3) is 5.91 Å². The van der Waals surface area contributed by atoms with Crippen LogP contribution in [-0.2, 0) is 0 Å². The van der Waals surface area contributed by atoms with Gasteiger partial charge in [0.2, 0.25) is 0 Å². The molecule has 1 aliphatic heterocycles. The van der Waals surface area contributed by atoms with E-state index in [1.807, 2.05) is 5.01 Å². The third-order valence-corrected chi connectivity index (χ3v) is 3.73. The Balaban J connectivity index is 1.96. The highest BCUT2D eigenvalue weighted by Gasteiger charge is 2.16. The molecular weight excluding hydrogens is 240 g/mol. The van der Waals surface area contributed by atoms with Crippen LogP contribution in [0.4, 0.5) is 0 Å². The Labute approximate surface area is 103 Å². The largest absolute Gasteiger partial charge is 0.477 e. The van der Waals surface area contributed by atoms with Gasteiger partial charge in [-0.3, -0.25) is 10.2 Å². The molecule has 0 aliphatic carbocycles. The predicted octanol–water partition coefficient (Wildman–Crippen LogP) is 1.58. The quantitative estimate of drug-likeness (QED) is 0.859. The van der Waals surface area contributed by atoms with Gasteiger partial charge in [-0.1, -0.05) is 6.42 Å². The van der Waals surface area contributed by atoms with Crippen molar-refractivity contribution in [2.45, 2.75) is 19.3 Å². The van der Waals surface area contributed by atoms with Gasteiger partial charge in [-0.15, -0.1) is 11.3 Å². The summed E-state index contributed by atoms with van der Waals surface area (Å²) in [5, 5.41) is 10.7. The number of amides is 1. The molecule has 1 aliphatic rings. The van der Waals surface area contributed by atoms with Crippen molar-refractivity contribution in [1.82, 2.24) is 10.4 Å². The van der Waals surface area contributed by atoms with Crippen LogP contribution in [0.2, 0.25) is 0 Å². The van der Waals surface area contributed by atoms with E-state index in [1.54, 1.807) is 6.07 Å². The van der Waals surface area contributed by atoms with Gasteiger partial charge in [-0.25, -0.2) is 9.80 Å². The summed E-state index contributed by atoms with van der Waals surface area (Å²) in [5.74, 6) is -1.21. The Morgan fingerprint density at radius 3 is 2.41 bits per heavy atom. The second-order valence-corrected chi connectivity index (χ2v) is 5.04. The van der Waals surface area contributed by atoms with Gasteiger partial charge in [0.1, 0.15) is 4.88 Å². The second kappa shape index (κ2) is 5.29. The van der Waals surface area contributed by atoms with Crippen LogP contribution in [0.1, 0.15) is 38.6 Å². The molecule has 0 bridgehead atoms. The molecule has 0 unspecified atom stereocenters. The molecule has 0 spiro atoms. The number of hydrogen-bond donors (Lipinski definition) is 2. The molecule has 5 nitrogen and oxygen atoms in total. The minimum Gasteiger partial charge on any atom is -0.477 e. The number of carbonyl (C=O) groups is 2. The summed E-state index contributed by atoms with van der Waals surface area (Å²) >= 11 is 0.999. The number of carbonyl (C=O) groups excluding carboxylic acids is 1. The average Bonchev–Trinajstić information content (AvgIpc) is 2.79. The highest BCUT2D eigenvalue weighted by molar-refractivity contribution is 7.15. The lowest BCUT2D eigenvalue weighted by Gasteiger charge is -2.26. The van der Waals surface area contributed by atoms with Gasteiger partial charge in [0.15, 0.2) is 0 Å². The Morgan fingerprint density at radius 1 is 1.18 bits per heavy atom. The standard InChI is InChI=1S/C11H14N2O3S/c14-10(12-13-6-2-1-3-7-13)8-4-5-9(17-8)11(15)16/h4-5H,1-3,6-7H2,(H,12,14)(H,15,16). The van der Waals surface area contributed by atoms with E-state index in [0.29, 0.717) is 4.88 Å². The van der Waals surface area contributed by atoms with Crippen LogP contribution in [0.3, 0.4) is 0 Å². The molecule has 1 amide bonds. The highest BCUT2D eigenvalue weighted by Crippen LogP contribution is 2.16. The van der Waals surface area contributed by atoms with E-state index in [4.69, 9.17) is 5.11 Å². The molecule has 1 aromatic rings. The maximum absolute atomic E-state index is 11.8. The molecular formula is C11H14N2O3S. The summed E-state index contributed by atoms with van der Waals surface area (Å²) in [6, 6.07) is 3.01. The van der Waals surface area contributed by atoms with Gasteiger partial charge >= 0.3 is 5.97 Å². The van der Waals surface area contributed by atoms with Gasteiger partial charge in [0, 0.05) is 13.1 Å². The number of aromatic carboxylic acids is 1. The van der Waals surface area contributed by atoms with Crippen LogP contribution in [0.25, 0.3) is 0 Å². The van der Waals surface area contributed by atoms with Gasteiger partial charge in [-0.2, -0.15) is 0 Å². The topological polar surface area (TPSA) is 69.6 Å². The molecule has 6 heteroatoms. The fourth-order valence-corrected chi connectivity index (χ4v) is 2.51. The smallest absolute Gasteiger partial charge is 0.345 e. The molecule has 2 N–H and O–H groups in total. The van der Waals surface area contributed by atoms with Crippen molar-refractivity contribution in [3.05, 3.63) is 21.9 Å². The molecule has 17 heavy (non-hydrogen) atoms. The zero-order valence-corrected chi connectivity index (χ0v) is 10.1. The lowest BCUT2D eigenvalue weighted by atomic mass is 10.2. The first-order valence-electron chi connectivity index (χ1n) is 5.56. The number of piperidine rings is 1. The number of carboxylic acids is 1. The molecule has 2 rings (SSSR count). The minimum atomic E-state index is -0.993. The van der Waals surface area contributed by atoms with Crippen molar-refractivity contribution in [2.24, 2.45) is 0 Å². The van der Waals surface area contributed by atoms with Crippen LogP contribution in [-0.4, -0.2) is 35.1 Å². The summed E-state index contributed by atoms with van der Waals surface area (Å²) in [6.07, 6.45) is 3.38. The molecule has 1 saturated heterocycles. The molecule has 1 fully saturated rings. The minimum absolute atomic E-state index is 0.189. The number of thiophene rings is 1. The fourth-order valence-electron chi connectivity index (χ4n) is 1.78. The normalized spacial score (nSPS) is 16.7. The SMILES string of the molecule is O=C(O)c1ccc(C(=O)NN2CCCCC2)s1. The molecule has 0 aromatic carbocycles. The third-order valence-electron chi connectivity index (χ3n) is 2.66. The monoisotopic (exact) mass is 254 g/mol. The maximum Gasteiger partial charge on any atom is 0.345 e. The molecule has 0 saturated carbocycles. The van der Waals surface area contributed by atoms with E-state index in [-0.39, 0.29) is 10.8 Å². The van der Waals surface area contributed by atoms with Crippen molar-refractivity contribution in [2.75, 3.05) is 13.1 Å². The van der Waals surface area contributed by atoms with Crippen molar-refractivity contribution in [3.8, 4) is 0 Å². The van der Waals surface area contributed by atoms with Crippen molar-refractivity contribution < 1.29 is 14.7 Å². The molecule has 0 atom stereocenters. The van der Waals surface area contributed by atoms with Crippen LogP contribution >= 0.6 is 11.3 Å². The maximum atomic E-state index is 11.8. The first kappa shape index (κ1) is 12.1. The second-order valence-electron chi connectivity index (χ2n) is 3.96. The van der Waals surface area contributed by atoms with Gasteiger partial charge in [-0.05, 0) is 25.0 Å². The van der Waals surface area contributed by atoms with Gasteiger partial charge in [0.05, 0.1) is 4.88 Å². The zero-order valence-electron chi connectivity index (χ0n) is 9.31. The Kier molecular flexibility index (Phi) is 3.75. The summed E-state index contributed by atoms with van der Waals surface area (Å²) in [6.45, 7) is 1.73. The lowest BCUT2D eigenvalue weighted by molar-refractivity contribution is 0.0701. The summed E-state index contributed by atoms with van der Waals surface area (Å²) in [5.41, 5.74) is 2.80. The Hall–Kier alpha value is -1.40. The average molecular weight is 254 g/mol. The molecule has 1 aromatic heterocycles. The summed E-state index contributed by atoms with van der Waals surface area (Å²) in [4.78, 5) is 23.1. The lowest BCUT2D eigenvalue weighted by Crippen LogP contribution is -2.44. The Bertz CT molecular complexity index is 424. The molecule has 0 radical (unpaired) electrons. The van der Waals surface area contributed by atoms with E-state index in [2.05, 4.69) is 5.43 Å². The van der Waals surface area contributed by atoms with E-state index in [1.165, 1.54) is 12.5 Å². The van der Waals surface area contributed by atoms with E-state index < -0.39 is 5.97 Å². The van der Waals surface area contributed by atoms with Crippen molar-refractivity contribution >= 4 is 23.2 Å². The molecule has 92 valence electrons.